The van der Waals surface area contributed by atoms with E-state index in [0.29, 0.717) is 13.1 Å². The normalized spacial score (nSPS) is 25.4. The Bertz CT molecular complexity index is 602. The number of hydrogen-bond acceptors (Lipinski definition) is 4. The first-order chi connectivity index (χ1) is 11.1. The van der Waals surface area contributed by atoms with E-state index in [9.17, 15) is 15.3 Å². The van der Waals surface area contributed by atoms with Gasteiger partial charge in [0.05, 0.1) is 12.2 Å². The third-order valence-corrected chi connectivity index (χ3v) is 4.46. The highest BCUT2D eigenvalue weighted by atomic mass is 16.4. The van der Waals surface area contributed by atoms with Crippen LogP contribution in [0.25, 0.3) is 11.1 Å². The smallest absolute Gasteiger partial charge is 0.108 e. The van der Waals surface area contributed by atoms with Crippen LogP contribution in [0.4, 0.5) is 0 Å². The summed E-state index contributed by atoms with van der Waals surface area (Å²) in [5.74, 6) is 0. The maximum atomic E-state index is 9.73. The lowest BCUT2D eigenvalue weighted by Gasteiger charge is -2.36. The van der Waals surface area contributed by atoms with E-state index in [0.717, 1.165) is 13.0 Å². The number of benzene rings is 2. The Morgan fingerprint density at radius 3 is 1.96 bits per heavy atom. The molecule has 1 aliphatic heterocycles. The van der Waals surface area contributed by atoms with Crippen molar-refractivity contribution in [2.75, 3.05) is 19.6 Å². The molecule has 0 aliphatic carbocycles. The molecule has 3 N–H and O–H groups in total. The van der Waals surface area contributed by atoms with Crippen LogP contribution in [-0.4, -0.2) is 58.2 Å². The van der Waals surface area contributed by atoms with Gasteiger partial charge in [0, 0.05) is 19.6 Å². The predicted octanol–water partition coefficient (Wildman–Crippen LogP) is 1.29. The van der Waals surface area contributed by atoms with Crippen LogP contribution in [0, 0.1) is 0 Å². The van der Waals surface area contributed by atoms with Gasteiger partial charge in [0.15, 0.2) is 0 Å². The first kappa shape index (κ1) is 16.1. The van der Waals surface area contributed by atoms with Gasteiger partial charge in [0.2, 0.25) is 0 Å². The molecule has 0 spiro atoms. The summed E-state index contributed by atoms with van der Waals surface area (Å²) in [6.45, 7) is 1.56. The Balaban J connectivity index is 1.57. The van der Waals surface area contributed by atoms with Crippen molar-refractivity contribution < 1.29 is 15.3 Å². The fourth-order valence-corrected chi connectivity index (χ4v) is 3.04. The number of likely N-dealkylation sites (tertiary alicyclic amines) is 1. The second-order valence-electron chi connectivity index (χ2n) is 6.20. The minimum atomic E-state index is -1.03. The lowest BCUT2D eigenvalue weighted by molar-refractivity contribution is -0.109. The van der Waals surface area contributed by atoms with E-state index >= 15 is 0 Å². The predicted molar refractivity (Wildman–Crippen MR) is 90.0 cm³/mol. The number of aliphatic hydroxyl groups is 3. The second-order valence-corrected chi connectivity index (χ2v) is 6.20. The molecule has 0 radical (unpaired) electrons. The van der Waals surface area contributed by atoms with Crippen molar-refractivity contribution in [1.29, 1.82) is 0 Å². The van der Waals surface area contributed by atoms with E-state index in [2.05, 4.69) is 36.4 Å². The number of hydrogen-bond donors (Lipinski definition) is 3. The maximum absolute atomic E-state index is 9.73. The molecule has 0 aromatic heterocycles. The largest absolute Gasteiger partial charge is 0.389 e. The van der Waals surface area contributed by atoms with Crippen LogP contribution in [-0.2, 0) is 6.42 Å². The fourth-order valence-electron chi connectivity index (χ4n) is 3.04. The Hall–Kier alpha value is -1.72. The van der Waals surface area contributed by atoms with E-state index in [4.69, 9.17) is 0 Å². The molecule has 2 atom stereocenters. The van der Waals surface area contributed by atoms with Gasteiger partial charge in [-0.05, 0) is 23.1 Å². The van der Waals surface area contributed by atoms with Crippen molar-refractivity contribution in [2.24, 2.45) is 0 Å². The van der Waals surface area contributed by atoms with Gasteiger partial charge >= 0.3 is 0 Å². The Morgan fingerprint density at radius 2 is 1.35 bits per heavy atom. The van der Waals surface area contributed by atoms with Crippen molar-refractivity contribution in [3.63, 3.8) is 0 Å². The summed E-state index contributed by atoms with van der Waals surface area (Å²) in [6.07, 6.45) is -1.93. The summed E-state index contributed by atoms with van der Waals surface area (Å²) in [5.41, 5.74) is 3.62. The monoisotopic (exact) mass is 313 g/mol. The molecule has 0 bridgehead atoms. The third kappa shape index (κ3) is 3.98. The molecule has 0 saturated carbocycles. The molecule has 1 heterocycles. The van der Waals surface area contributed by atoms with Crippen LogP contribution in [0.3, 0.4) is 0 Å². The van der Waals surface area contributed by atoms with Gasteiger partial charge in [-0.25, -0.2) is 0 Å². The lowest BCUT2D eigenvalue weighted by Crippen LogP contribution is -2.55. The summed E-state index contributed by atoms with van der Waals surface area (Å²) >= 11 is 0. The Labute approximate surface area is 136 Å². The first-order valence-corrected chi connectivity index (χ1v) is 8.04. The van der Waals surface area contributed by atoms with Crippen molar-refractivity contribution in [3.05, 3.63) is 60.2 Å². The molecular formula is C19H23NO3. The van der Waals surface area contributed by atoms with Gasteiger partial charge in [-0.15, -0.1) is 0 Å². The maximum Gasteiger partial charge on any atom is 0.108 e. The minimum absolute atomic E-state index is 0.403. The number of rotatable bonds is 4. The third-order valence-electron chi connectivity index (χ3n) is 4.46. The van der Waals surface area contributed by atoms with Crippen LogP contribution in [0.15, 0.2) is 54.6 Å². The highest BCUT2D eigenvalue weighted by Gasteiger charge is 2.32. The van der Waals surface area contributed by atoms with E-state index in [1.807, 2.05) is 23.1 Å². The SMILES string of the molecule is OC1CN(CCc2ccc(-c3ccccc3)cc2)CC(O)C1O. The van der Waals surface area contributed by atoms with E-state index in [-0.39, 0.29) is 0 Å². The zero-order valence-electron chi connectivity index (χ0n) is 13.0. The number of aliphatic hydroxyl groups excluding tert-OH is 3. The van der Waals surface area contributed by atoms with Crippen molar-refractivity contribution in [3.8, 4) is 11.1 Å². The van der Waals surface area contributed by atoms with E-state index in [1.54, 1.807) is 0 Å². The topological polar surface area (TPSA) is 63.9 Å². The molecule has 1 fully saturated rings. The van der Waals surface area contributed by atoms with Crippen LogP contribution in [0.1, 0.15) is 5.56 Å². The summed E-state index contributed by atoms with van der Waals surface area (Å²) in [7, 11) is 0. The van der Waals surface area contributed by atoms with Crippen molar-refractivity contribution in [2.45, 2.75) is 24.7 Å². The summed E-state index contributed by atoms with van der Waals surface area (Å²) in [4.78, 5) is 1.99. The van der Waals surface area contributed by atoms with E-state index in [1.165, 1.54) is 16.7 Å². The highest BCUT2D eigenvalue weighted by molar-refractivity contribution is 5.63. The minimum Gasteiger partial charge on any atom is -0.389 e. The zero-order chi connectivity index (χ0) is 16.2. The van der Waals surface area contributed by atoms with Crippen molar-refractivity contribution in [1.82, 2.24) is 4.90 Å². The van der Waals surface area contributed by atoms with Crippen LogP contribution in [0.2, 0.25) is 0 Å². The van der Waals surface area contributed by atoms with Gasteiger partial charge < -0.3 is 15.3 Å². The molecule has 4 heteroatoms. The van der Waals surface area contributed by atoms with Crippen LogP contribution < -0.4 is 0 Å². The summed E-state index contributed by atoms with van der Waals surface area (Å²) in [5, 5.41) is 29.0. The van der Waals surface area contributed by atoms with Gasteiger partial charge in [-0.1, -0.05) is 54.6 Å². The summed E-state index contributed by atoms with van der Waals surface area (Å²) < 4.78 is 0. The van der Waals surface area contributed by atoms with Gasteiger partial charge in [0.1, 0.15) is 6.10 Å². The number of piperidine rings is 1. The van der Waals surface area contributed by atoms with E-state index < -0.39 is 18.3 Å². The van der Waals surface area contributed by atoms with Gasteiger partial charge in [-0.3, -0.25) is 4.90 Å². The lowest BCUT2D eigenvalue weighted by atomic mass is 10.0. The molecule has 23 heavy (non-hydrogen) atoms. The molecule has 2 unspecified atom stereocenters. The molecule has 122 valence electrons. The molecule has 1 aliphatic rings. The molecule has 4 nitrogen and oxygen atoms in total. The van der Waals surface area contributed by atoms with Crippen molar-refractivity contribution >= 4 is 0 Å². The highest BCUT2D eigenvalue weighted by Crippen LogP contribution is 2.20. The Kier molecular flexibility index (Phi) is 5.08. The number of β-amino-alcohol motifs (C(OH)–C–C–N with tert-alkyl or cyclic N) is 2. The molecule has 2 aromatic carbocycles. The Morgan fingerprint density at radius 1 is 0.783 bits per heavy atom. The molecule has 3 rings (SSSR count). The zero-order valence-corrected chi connectivity index (χ0v) is 13.0. The standard InChI is InChI=1S/C19H23NO3/c21-17-12-20(13-18(22)19(17)23)11-10-14-6-8-16(9-7-14)15-4-2-1-3-5-15/h1-9,17-19,21-23H,10-13H2. The molecule has 1 saturated heterocycles. The molecule has 2 aromatic rings. The van der Waals surface area contributed by atoms with Crippen LogP contribution >= 0.6 is 0 Å². The van der Waals surface area contributed by atoms with Gasteiger partial charge in [-0.2, -0.15) is 0 Å². The average Bonchev–Trinajstić information content (AvgIpc) is 2.59. The molecular weight excluding hydrogens is 290 g/mol. The summed E-state index contributed by atoms with van der Waals surface area (Å²) in [6, 6.07) is 18.7. The molecule has 0 amide bonds. The van der Waals surface area contributed by atoms with Crippen LogP contribution in [0.5, 0.6) is 0 Å². The van der Waals surface area contributed by atoms with Gasteiger partial charge in [0.25, 0.3) is 0 Å². The second kappa shape index (κ2) is 7.23. The average molecular weight is 313 g/mol. The quantitative estimate of drug-likeness (QED) is 0.796. The first-order valence-electron chi connectivity index (χ1n) is 8.04. The number of nitrogens with zero attached hydrogens (tertiary/aromatic N) is 1. The fraction of sp³-hybridized carbons (Fsp3) is 0.368.